The van der Waals surface area contributed by atoms with Gasteiger partial charge in [-0.15, -0.1) is 11.3 Å². The van der Waals surface area contributed by atoms with Gasteiger partial charge in [0, 0.05) is 11.1 Å². The van der Waals surface area contributed by atoms with Crippen LogP contribution in [0.1, 0.15) is 36.1 Å². The van der Waals surface area contributed by atoms with Crippen LogP contribution in [0, 0.1) is 16.4 Å². The summed E-state index contributed by atoms with van der Waals surface area (Å²) in [5.74, 6) is 1.31. The van der Waals surface area contributed by atoms with E-state index in [9.17, 15) is 0 Å². The molecule has 0 aliphatic carbocycles. The van der Waals surface area contributed by atoms with E-state index < -0.39 is 0 Å². The Bertz CT molecular complexity index is 583. The summed E-state index contributed by atoms with van der Waals surface area (Å²) in [6.07, 6.45) is 1.57. The monoisotopic (exact) mass is 407 g/mol. The van der Waals surface area contributed by atoms with Crippen molar-refractivity contribution in [1.29, 1.82) is 0 Å². The summed E-state index contributed by atoms with van der Waals surface area (Å²) in [7, 11) is 0. The quantitative estimate of drug-likeness (QED) is 0.560. The van der Waals surface area contributed by atoms with Crippen LogP contribution in [0.15, 0.2) is 5.38 Å². The largest absolute Gasteiger partial charge is 0.246 e. The number of halogens is 2. The average molecular weight is 408 g/mol. The van der Waals surface area contributed by atoms with Crippen LogP contribution >= 0.6 is 45.5 Å². The molecule has 6 heteroatoms. The van der Waals surface area contributed by atoms with Gasteiger partial charge in [-0.25, -0.2) is 15.0 Å². The zero-order valence-electron chi connectivity index (χ0n) is 11.1. The molecule has 0 aromatic carbocycles. The highest BCUT2D eigenvalue weighted by molar-refractivity contribution is 14.1. The molecule has 0 saturated carbocycles. The van der Waals surface area contributed by atoms with Crippen LogP contribution in [0.4, 0.5) is 0 Å². The van der Waals surface area contributed by atoms with Crippen LogP contribution in [0.2, 0.25) is 5.15 Å². The van der Waals surface area contributed by atoms with Crippen molar-refractivity contribution in [3.8, 4) is 0 Å². The van der Waals surface area contributed by atoms with Crippen molar-refractivity contribution in [3.05, 3.63) is 36.3 Å². The van der Waals surface area contributed by atoms with E-state index in [1.54, 1.807) is 11.3 Å². The van der Waals surface area contributed by atoms with Crippen molar-refractivity contribution in [2.45, 2.75) is 33.6 Å². The van der Waals surface area contributed by atoms with E-state index in [1.165, 1.54) is 0 Å². The average Bonchev–Trinajstić information content (AvgIpc) is 2.70. The van der Waals surface area contributed by atoms with E-state index in [-0.39, 0.29) is 0 Å². The predicted octanol–water partition coefficient (Wildman–Crippen LogP) is 4.29. The molecule has 0 atom stereocenters. The second-order valence-electron chi connectivity index (χ2n) is 4.85. The Labute approximate surface area is 136 Å². The fourth-order valence-electron chi connectivity index (χ4n) is 1.73. The molecule has 0 fully saturated rings. The molecule has 0 bridgehead atoms. The zero-order chi connectivity index (χ0) is 14.0. The smallest absolute Gasteiger partial charge is 0.146 e. The van der Waals surface area contributed by atoms with Gasteiger partial charge in [-0.1, -0.05) is 25.4 Å². The molecule has 102 valence electrons. The van der Waals surface area contributed by atoms with Gasteiger partial charge in [-0.05, 0) is 41.9 Å². The molecule has 3 nitrogen and oxygen atoms in total. The zero-order valence-corrected chi connectivity index (χ0v) is 14.8. The molecule has 0 N–H and O–H groups in total. The van der Waals surface area contributed by atoms with E-state index in [0.29, 0.717) is 17.5 Å². The van der Waals surface area contributed by atoms with Crippen LogP contribution in [0.25, 0.3) is 0 Å². The molecule has 2 aromatic heterocycles. The van der Waals surface area contributed by atoms with Crippen LogP contribution in [-0.4, -0.2) is 15.0 Å². The molecule has 0 saturated heterocycles. The molecule has 0 amide bonds. The predicted molar refractivity (Wildman–Crippen MR) is 88.0 cm³/mol. The molecular weight excluding hydrogens is 393 g/mol. The number of hydrogen-bond acceptors (Lipinski definition) is 4. The molecule has 0 unspecified atom stereocenters. The normalized spacial score (nSPS) is 11.3. The minimum atomic E-state index is 0.550. The number of aryl methyl sites for hydroxylation is 1. The number of thiazole rings is 1. The summed E-state index contributed by atoms with van der Waals surface area (Å²) < 4.78 is 0.965. The molecule has 0 spiro atoms. The van der Waals surface area contributed by atoms with Crippen LogP contribution in [0.5, 0.6) is 0 Å². The maximum Gasteiger partial charge on any atom is 0.146 e. The summed E-state index contributed by atoms with van der Waals surface area (Å²) in [5, 5.41) is 3.62. The van der Waals surface area contributed by atoms with E-state index in [0.717, 1.165) is 32.2 Å². The molecule has 2 rings (SSSR count). The first kappa shape index (κ1) is 15.1. The van der Waals surface area contributed by atoms with Gasteiger partial charge in [0.1, 0.15) is 16.0 Å². The van der Waals surface area contributed by atoms with Crippen molar-refractivity contribution in [3.63, 3.8) is 0 Å². The Morgan fingerprint density at radius 2 is 2.05 bits per heavy atom. The number of rotatable bonds is 4. The highest BCUT2D eigenvalue weighted by Gasteiger charge is 2.13. The Balaban J connectivity index is 2.28. The van der Waals surface area contributed by atoms with Gasteiger partial charge in [0.05, 0.1) is 15.7 Å². The second-order valence-corrected chi connectivity index (χ2v) is 7.23. The van der Waals surface area contributed by atoms with Crippen LogP contribution < -0.4 is 0 Å². The molecule has 0 radical (unpaired) electrons. The molecule has 2 heterocycles. The minimum Gasteiger partial charge on any atom is -0.246 e. The van der Waals surface area contributed by atoms with Crippen LogP contribution in [0.3, 0.4) is 0 Å². The molecule has 0 aliphatic rings. The third-order valence-corrected chi connectivity index (χ3v) is 5.20. The first-order chi connectivity index (χ1) is 8.95. The van der Waals surface area contributed by atoms with Gasteiger partial charge >= 0.3 is 0 Å². The molecule has 19 heavy (non-hydrogen) atoms. The molecule has 2 aromatic rings. The lowest BCUT2D eigenvalue weighted by Crippen LogP contribution is -2.07. The maximum absolute atomic E-state index is 6.20. The Morgan fingerprint density at radius 3 is 2.63 bits per heavy atom. The van der Waals surface area contributed by atoms with Crippen molar-refractivity contribution >= 4 is 45.5 Å². The number of hydrogen-bond donors (Lipinski definition) is 0. The number of nitrogens with zero attached hydrogens (tertiary/aromatic N) is 3. The topological polar surface area (TPSA) is 38.7 Å². The van der Waals surface area contributed by atoms with Crippen LogP contribution in [-0.2, 0) is 12.8 Å². The fraction of sp³-hybridized carbons (Fsp3) is 0.462. The van der Waals surface area contributed by atoms with E-state index in [1.807, 2.05) is 12.3 Å². The van der Waals surface area contributed by atoms with Crippen molar-refractivity contribution in [2.75, 3.05) is 0 Å². The summed E-state index contributed by atoms with van der Waals surface area (Å²) in [4.78, 5) is 13.4. The lowest BCUT2D eigenvalue weighted by Gasteiger charge is -2.09. The lowest BCUT2D eigenvalue weighted by molar-refractivity contribution is 0.628. The minimum absolute atomic E-state index is 0.550. The van der Waals surface area contributed by atoms with Crippen molar-refractivity contribution < 1.29 is 0 Å². The standard InChI is InChI=1S/C13H15ClIN3S/c1-7(2)4-9-12(15)13(14)18-10(17-9)5-11-16-8(3)6-19-11/h6-7H,4-5H2,1-3H3. The van der Waals surface area contributed by atoms with Gasteiger partial charge in [-0.2, -0.15) is 0 Å². The van der Waals surface area contributed by atoms with Crippen molar-refractivity contribution in [2.24, 2.45) is 5.92 Å². The van der Waals surface area contributed by atoms with Gasteiger partial charge in [0.15, 0.2) is 0 Å². The van der Waals surface area contributed by atoms with Gasteiger partial charge in [0.25, 0.3) is 0 Å². The van der Waals surface area contributed by atoms with Gasteiger partial charge in [-0.3, -0.25) is 0 Å². The third-order valence-electron chi connectivity index (χ3n) is 2.50. The maximum atomic E-state index is 6.20. The summed E-state index contributed by atoms with van der Waals surface area (Å²) in [5.41, 5.74) is 2.08. The first-order valence-electron chi connectivity index (χ1n) is 6.07. The first-order valence-corrected chi connectivity index (χ1v) is 8.41. The second kappa shape index (κ2) is 6.45. The summed E-state index contributed by atoms with van der Waals surface area (Å²) >= 11 is 10.1. The van der Waals surface area contributed by atoms with Crippen molar-refractivity contribution in [1.82, 2.24) is 15.0 Å². The van der Waals surface area contributed by atoms with E-state index >= 15 is 0 Å². The van der Waals surface area contributed by atoms with E-state index in [2.05, 4.69) is 51.4 Å². The Kier molecular flexibility index (Phi) is 5.14. The highest BCUT2D eigenvalue weighted by Crippen LogP contribution is 2.22. The molecular formula is C13H15ClIN3S. The molecule has 0 aliphatic heterocycles. The van der Waals surface area contributed by atoms with E-state index in [4.69, 9.17) is 11.6 Å². The summed E-state index contributed by atoms with van der Waals surface area (Å²) in [6.45, 7) is 6.35. The highest BCUT2D eigenvalue weighted by atomic mass is 127. The summed E-state index contributed by atoms with van der Waals surface area (Å²) in [6, 6.07) is 0. The Hall–Kier alpha value is -0.270. The van der Waals surface area contributed by atoms with Gasteiger partial charge in [0.2, 0.25) is 0 Å². The lowest BCUT2D eigenvalue weighted by atomic mass is 10.1. The fourth-order valence-corrected chi connectivity index (χ4v) is 3.17. The Morgan fingerprint density at radius 1 is 1.32 bits per heavy atom. The number of aromatic nitrogens is 3. The van der Waals surface area contributed by atoms with Gasteiger partial charge < -0.3 is 0 Å². The SMILES string of the molecule is Cc1csc(Cc2nc(Cl)c(I)c(CC(C)C)n2)n1. The third kappa shape index (κ3) is 4.10.